The molecule has 170 valence electrons. The Bertz CT molecular complexity index is 1030. The standard InChI is InChI=1S/C27H33NO4/c1-16-4-6-17(7-5-16)15-32-28-23-12-20-18(10-11-27(2)22(20)8-9-26(27)30)19-14-25(31-3)24(29)13-21(19)23/h4-7,13-14,18,20,22,26,29-30H,8-12,15H2,1-3H3/t18-,20-,22+,26-,27+/m1/s1. The number of hydrogen-bond donors (Lipinski definition) is 2. The zero-order valence-electron chi connectivity index (χ0n) is 19.2. The molecule has 2 aromatic carbocycles. The quantitative estimate of drug-likeness (QED) is 0.639. The summed E-state index contributed by atoms with van der Waals surface area (Å²) in [5.74, 6) is 1.90. The number of ether oxygens (including phenoxy) is 1. The van der Waals surface area contributed by atoms with Gasteiger partial charge >= 0.3 is 0 Å². The Morgan fingerprint density at radius 3 is 2.66 bits per heavy atom. The van der Waals surface area contributed by atoms with Gasteiger partial charge in [0.15, 0.2) is 11.5 Å². The second-order valence-corrected chi connectivity index (χ2v) is 10.1. The van der Waals surface area contributed by atoms with Gasteiger partial charge in [-0.2, -0.15) is 0 Å². The molecule has 3 aliphatic carbocycles. The number of methoxy groups -OCH3 is 1. The molecule has 5 atom stereocenters. The van der Waals surface area contributed by atoms with Crippen LogP contribution in [0.5, 0.6) is 11.5 Å². The van der Waals surface area contributed by atoms with E-state index in [4.69, 9.17) is 9.57 Å². The fraction of sp³-hybridized carbons (Fsp3) is 0.519. The van der Waals surface area contributed by atoms with Crippen molar-refractivity contribution >= 4 is 5.71 Å². The van der Waals surface area contributed by atoms with Crippen LogP contribution in [0.1, 0.15) is 67.2 Å². The number of phenolic OH excluding ortho intramolecular Hbond substituents is 1. The zero-order chi connectivity index (χ0) is 22.5. The van der Waals surface area contributed by atoms with Crippen molar-refractivity contribution in [3.63, 3.8) is 0 Å². The highest BCUT2D eigenvalue weighted by molar-refractivity contribution is 6.03. The van der Waals surface area contributed by atoms with Gasteiger partial charge in [-0.25, -0.2) is 0 Å². The Hall–Kier alpha value is -2.53. The first-order chi connectivity index (χ1) is 15.4. The van der Waals surface area contributed by atoms with Crippen LogP contribution in [-0.2, 0) is 11.4 Å². The fourth-order valence-corrected chi connectivity index (χ4v) is 6.52. The topological polar surface area (TPSA) is 71.3 Å². The van der Waals surface area contributed by atoms with Gasteiger partial charge in [0.2, 0.25) is 0 Å². The number of rotatable bonds is 4. The highest BCUT2D eigenvalue weighted by Crippen LogP contribution is 2.61. The molecular weight excluding hydrogens is 402 g/mol. The number of aliphatic hydroxyl groups is 1. The van der Waals surface area contributed by atoms with Crippen LogP contribution in [0.25, 0.3) is 0 Å². The lowest BCUT2D eigenvalue weighted by Gasteiger charge is -2.50. The Labute approximate surface area is 190 Å². The molecule has 2 fully saturated rings. The van der Waals surface area contributed by atoms with Crippen molar-refractivity contribution in [1.82, 2.24) is 0 Å². The van der Waals surface area contributed by atoms with Gasteiger partial charge in [-0.15, -0.1) is 0 Å². The van der Waals surface area contributed by atoms with E-state index in [0.717, 1.165) is 48.9 Å². The van der Waals surface area contributed by atoms with Gasteiger partial charge in [0.25, 0.3) is 0 Å². The first-order valence-corrected chi connectivity index (χ1v) is 11.7. The first kappa shape index (κ1) is 21.3. The number of aryl methyl sites for hydroxylation is 1. The number of nitrogens with zero attached hydrogens (tertiary/aromatic N) is 1. The molecular formula is C27H33NO4. The van der Waals surface area contributed by atoms with E-state index in [0.29, 0.717) is 30.1 Å². The fourth-order valence-electron chi connectivity index (χ4n) is 6.52. The summed E-state index contributed by atoms with van der Waals surface area (Å²) in [5.41, 5.74) is 5.32. The van der Waals surface area contributed by atoms with E-state index in [1.54, 1.807) is 13.2 Å². The molecule has 0 unspecified atom stereocenters. The van der Waals surface area contributed by atoms with Crippen LogP contribution < -0.4 is 4.74 Å². The molecule has 5 heteroatoms. The monoisotopic (exact) mass is 435 g/mol. The molecule has 0 amide bonds. The molecule has 3 aliphatic rings. The number of benzene rings is 2. The Morgan fingerprint density at radius 1 is 1.12 bits per heavy atom. The molecule has 0 aliphatic heterocycles. The molecule has 0 heterocycles. The molecule has 0 spiro atoms. The second-order valence-electron chi connectivity index (χ2n) is 10.1. The Morgan fingerprint density at radius 2 is 1.91 bits per heavy atom. The molecule has 5 rings (SSSR count). The lowest BCUT2D eigenvalue weighted by Crippen LogP contribution is -2.45. The van der Waals surface area contributed by atoms with Crippen molar-refractivity contribution in [3.05, 3.63) is 58.7 Å². The summed E-state index contributed by atoms with van der Waals surface area (Å²) in [6, 6.07) is 12.0. The zero-order valence-corrected chi connectivity index (χ0v) is 19.2. The first-order valence-electron chi connectivity index (χ1n) is 11.7. The number of aliphatic hydroxyl groups excluding tert-OH is 1. The predicted molar refractivity (Wildman–Crippen MR) is 124 cm³/mol. The third-order valence-corrected chi connectivity index (χ3v) is 8.40. The van der Waals surface area contributed by atoms with Gasteiger partial charge in [-0.05, 0) is 85.5 Å². The summed E-state index contributed by atoms with van der Waals surface area (Å²) in [4.78, 5) is 5.82. The summed E-state index contributed by atoms with van der Waals surface area (Å²) in [6.07, 6.45) is 4.59. The van der Waals surface area contributed by atoms with Gasteiger partial charge in [0.05, 0.1) is 18.9 Å². The minimum Gasteiger partial charge on any atom is -0.504 e. The van der Waals surface area contributed by atoms with Crippen LogP contribution >= 0.6 is 0 Å². The normalized spacial score (nSPS) is 32.2. The van der Waals surface area contributed by atoms with E-state index in [9.17, 15) is 10.2 Å². The summed E-state index contributed by atoms with van der Waals surface area (Å²) < 4.78 is 5.44. The molecule has 0 bridgehead atoms. The van der Waals surface area contributed by atoms with E-state index < -0.39 is 0 Å². The smallest absolute Gasteiger partial charge is 0.160 e. The van der Waals surface area contributed by atoms with E-state index in [2.05, 4.69) is 43.3 Å². The van der Waals surface area contributed by atoms with Gasteiger partial charge in [-0.1, -0.05) is 41.9 Å². The van der Waals surface area contributed by atoms with Crippen LogP contribution in [0, 0.1) is 24.2 Å². The Kier molecular flexibility index (Phi) is 5.40. The van der Waals surface area contributed by atoms with Gasteiger partial charge in [0, 0.05) is 5.56 Å². The number of aromatic hydroxyl groups is 1. The Balaban J connectivity index is 1.49. The van der Waals surface area contributed by atoms with Crippen LogP contribution in [0.4, 0.5) is 0 Å². The molecule has 0 radical (unpaired) electrons. The van der Waals surface area contributed by atoms with Crippen molar-refractivity contribution in [1.29, 1.82) is 0 Å². The predicted octanol–water partition coefficient (Wildman–Crippen LogP) is 5.30. The van der Waals surface area contributed by atoms with Crippen LogP contribution in [0.15, 0.2) is 41.6 Å². The lowest BCUT2D eigenvalue weighted by molar-refractivity contribution is -0.0180. The van der Waals surface area contributed by atoms with Gasteiger partial charge in [0.1, 0.15) is 6.61 Å². The number of phenols is 1. The maximum Gasteiger partial charge on any atom is 0.160 e. The minimum atomic E-state index is -0.220. The maximum atomic E-state index is 10.7. The van der Waals surface area contributed by atoms with Crippen molar-refractivity contribution in [3.8, 4) is 11.5 Å². The highest BCUT2D eigenvalue weighted by atomic mass is 16.6. The van der Waals surface area contributed by atoms with E-state index >= 15 is 0 Å². The van der Waals surface area contributed by atoms with Crippen molar-refractivity contribution in [2.45, 2.75) is 64.6 Å². The molecule has 0 aromatic heterocycles. The molecule has 5 nitrogen and oxygen atoms in total. The second kappa shape index (κ2) is 8.11. The maximum absolute atomic E-state index is 10.7. The molecule has 0 saturated heterocycles. The van der Waals surface area contributed by atoms with E-state index in [1.807, 2.05) is 6.07 Å². The minimum absolute atomic E-state index is 0.0203. The van der Waals surface area contributed by atoms with E-state index in [1.165, 1.54) is 11.1 Å². The molecule has 32 heavy (non-hydrogen) atoms. The van der Waals surface area contributed by atoms with Crippen LogP contribution in [0.2, 0.25) is 0 Å². The molecule has 2 aromatic rings. The van der Waals surface area contributed by atoms with Crippen molar-refractivity contribution in [2.24, 2.45) is 22.4 Å². The number of hydrogen-bond acceptors (Lipinski definition) is 5. The average Bonchev–Trinajstić information content (AvgIpc) is 3.09. The number of oxime groups is 1. The van der Waals surface area contributed by atoms with Crippen molar-refractivity contribution < 1.29 is 19.8 Å². The van der Waals surface area contributed by atoms with Gasteiger partial charge in [-0.3, -0.25) is 0 Å². The average molecular weight is 436 g/mol. The number of fused-ring (bicyclic) bond motifs is 5. The summed E-state index contributed by atoms with van der Waals surface area (Å²) in [5, 5.41) is 25.8. The van der Waals surface area contributed by atoms with Crippen LogP contribution in [-0.4, -0.2) is 29.1 Å². The SMILES string of the molecule is COc1cc2c(cc1O)C(=NOCc1ccc(C)cc1)C[C@@H]1[C@@H]2CC[C@]2(C)[C@H](O)CC[C@@H]12. The van der Waals surface area contributed by atoms with Crippen molar-refractivity contribution in [2.75, 3.05) is 7.11 Å². The van der Waals surface area contributed by atoms with Gasteiger partial charge < -0.3 is 19.8 Å². The third kappa shape index (κ3) is 3.47. The summed E-state index contributed by atoms with van der Waals surface area (Å²) >= 11 is 0. The third-order valence-electron chi connectivity index (χ3n) is 8.40. The summed E-state index contributed by atoms with van der Waals surface area (Å²) in [7, 11) is 1.59. The highest BCUT2D eigenvalue weighted by Gasteiger charge is 2.55. The largest absolute Gasteiger partial charge is 0.504 e. The summed E-state index contributed by atoms with van der Waals surface area (Å²) in [6.45, 7) is 4.75. The van der Waals surface area contributed by atoms with Crippen LogP contribution in [0.3, 0.4) is 0 Å². The van der Waals surface area contributed by atoms with E-state index in [-0.39, 0.29) is 17.3 Å². The lowest BCUT2D eigenvalue weighted by atomic mass is 9.55. The molecule has 2 saturated carbocycles. The molecule has 2 N–H and O–H groups in total.